The molecule has 1 aromatic carbocycles. The number of urea groups is 1. The third-order valence-corrected chi connectivity index (χ3v) is 7.09. The van der Waals surface area contributed by atoms with Gasteiger partial charge in [0.15, 0.2) is 0 Å². The maximum absolute atomic E-state index is 12.4. The van der Waals surface area contributed by atoms with Gasteiger partial charge >= 0.3 is 6.03 Å². The van der Waals surface area contributed by atoms with Crippen LogP contribution in [-0.4, -0.2) is 33.1 Å². The van der Waals surface area contributed by atoms with Gasteiger partial charge in [0.2, 0.25) is 10.0 Å². The van der Waals surface area contributed by atoms with E-state index in [1.807, 2.05) is 12.1 Å². The SMILES string of the molecule is O=C(NCCc1ccc(S(=O)(=O)NC2CCCC2)cc1)NC1CCCCC1. The quantitative estimate of drug-likeness (QED) is 0.665. The van der Waals surface area contributed by atoms with Gasteiger partial charge in [-0.3, -0.25) is 0 Å². The van der Waals surface area contributed by atoms with Crippen LogP contribution in [0.25, 0.3) is 0 Å². The molecule has 0 spiro atoms. The van der Waals surface area contributed by atoms with Gasteiger partial charge in [-0.05, 0) is 49.8 Å². The van der Waals surface area contributed by atoms with Crippen LogP contribution in [0.15, 0.2) is 29.2 Å². The van der Waals surface area contributed by atoms with Crippen molar-refractivity contribution in [1.82, 2.24) is 15.4 Å². The second-order valence-corrected chi connectivity index (χ2v) is 9.45. The number of benzene rings is 1. The van der Waals surface area contributed by atoms with Gasteiger partial charge in [-0.2, -0.15) is 0 Å². The summed E-state index contributed by atoms with van der Waals surface area (Å²) in [7, 11) is -3.44. The van der Waals surface area contributed by atoms with Crippen molar-refractivity contribution in [1.29, 1.82) is 0 Å². The molecule has 0 radical (unpaired) electrons. The van der Waals surface area contributed by atoms with E-state index in [-0.39, 0.29) is 12.1 Å². The first-order chi connectivity index (χ1) is 13.0. The fourth-order valence-electron chi connectivity index (χ4n) is 3.97. The van der Waals surface area contributed by atoms with E-state index < -0.39 is 10.0 Å². The van der Waals surface area contributed by atoms with Crippen molar-refractivity contribution < 1.29 is 13.2 Å². The highest BCUT2D eigenvalue weighted by atomic mass is 32.2. The molecule has 0 atom stereocenters. The summed E-state index contributed by atoms with van der Waals surface area (Å²) in [6, 6.07) is 7.20. The van der Waals surface area contributed by atoms with E-state index in [4.69, 9.17) is 0 Å². The van der Waals surface area contributed by atoms with Crippen molar-refractivity contribution in [3.05, 3.63) is 29.8 Å². The predicted octanol–water partition coefficient (Wildman–Crippen LogP) is 3.08. The molecule has 6 nitrogen and oxygen atoms in total. The lowest BCUT2D eigenvalue weighted by Crippen LogP contribution is -2.43. The van der Waals surface area contributed by atoms with Gasteiger partial charge in [-0.15, -0.1) is 0 Å². The summed E-state index contributed by atoms with van der Waals surface area (Å²) in [6.07, 6.45) is 10.5. The third kappa shape index (κ3) is 6.21. The zero-order valence-electron chi connectivity index (χ0n) is 15.9. The van der Waals surface area contributed by atoms with E-state index in [9.17, 15) is 13.2 Å². The molecule has 0 bridgehead atoms. The minimum absolute atomic E-state index is 0.0709. The van der Waals surface area contributed by atoms with Crippen molar-refractivity contribution in [2.24, 2.45) is 0 Å². The Balaban J connectivity index is 1.42. The molecule has 2 aliphatic rings. The second-order valence-electron chi connectivity index (χ2n) is 7.73. The van der Waals surface area contributed by atoms with Crippen molar-refractivity contribution in [2.75, 3.05) is 6.54 Å². The number of rotatable bonds is 7. The van der Waals surface area contributed by atoms with E-state index >= 15 is 0 Å². The van der Waals surface area contributed by atoms with E-state index in [1.54, 1.807) is 12.1 Å². The largest absolute Gasteiger partial charge is 0.338 e. The second kappa shape index (κ2) is 9.55. The Hall–Kier alpha value is -1.60. The first-order valence-electron chi connectivity index (χ1n) is 10.2. The van der Waals surface area contributed by atoms with Gasteiger partial charge in [-0.1, -0.05) is 44.2 Å². The van der Waals surface area contributed by atoms with Crippen molar-refractivity contribution >= 4 is 16.1 Å². The van der Waals surface area contributed by atoms with Crippen molar-refractivity contribution in [2.45, 2.75) is 81.2 Å². The van der Waals surface area contributed by atoms with Crippen LogP contribution in [0.3, 0.4) is 0 Å². The lowest BCUT2D eigenvalue weighted by atomic mass is 9.96. The molecule has 0 saturated heterocycles. The highest BCUT2D eigenvalue weighted by Crippen LogP contribution is 2.20. The first-order valence-corrected chi connectivity index (χ1v) is 11.7. The fourth-order valence-corrected chi connectivity index (χ4v) is 5.28. The molecule has 2 amide bonds. The summed E-state index contributed by atoms with van der Waals surface area (Å²) >= 11 is 0. The Bertz CT molecular complexity index is 706. The maximum atomic E-state index is 12.4. The highest BCUT2D eigenvalue weighted by Gasteiger charge is 2.22. The summed E-state index contributed by atoms with van der Waals surface area (Å²) in [5.74, 6) is 0. The van der Waals surface area contributed by atoms with Gasteiger partial charge in [-0.25, -0.2) is 17.9 Å². The predicted molar refractivity (Wildman–Crippen MR) is 106 cm³/mol. The molecule has 2 aliphatic carbocycles. The summed E-state index contributed by atoms with van der Waals surface area (Å²) in [5, 5.41) is 5.92. The Morgan fingerprint density at radius 1 is 0.889 bits per heavy atom. The van der Waals surface area contributed by atoms with Crippen LogP contribution in [0, 0.1) is 0 Å². The lowest BCUT2D eigenvalue weighted by molar-refractivity contribution is 0.233. The van der Waals surface area contributed by atoms with Crippen LogP contribution in [0.4, 0.5) is 4.79 Å². The number of carbonyl (C=O) groups is 1. The van der Waals surface area contributed by atoms with Gasteiger partial charge < -0.3 is 10.6 Å². The number of sulfonamides is 1. The summed E-state index contributed by atoms with van der Waals surface area (Å²) in [4.78, 5) is 12.2. The van der Waals surface area contributed by atoms with Crippen molar-refractivity contribution in [3.63, 3.8) is 0 Å². The highest BCUT2D eigenvalue weighted by molar-refractivity contribution is 7.89. The van der Waals surface area contributed by atoms with Gasteiger partial charge in [0.1, 0.15) is 0 Å². The molecule has 150 valence electrons. The average molecular weight is 394 g/mol. The Kier molecular flexibility index (Phi) is 7.13. The molecule has 3 rings (SSSR count). The summed E-state index contributed by atoms with van der Waals surface area (Å²) in [5.41, 5.74) is 1.01. The van der Waals surface area contributed by atoms with Gasteiger partial charge in [0.25, 0.3) is 0 Å². The minimum Gasteiger partial charge on any atom is -0.338 e. The van der Waals surface area contributed by atoms with E-state index in [0.717, 1.165) is 44.1 Å². The fraction of sp³-hybridized carbons (Fsp3) is 0.650. The van der Waals surface area contributed by atoms with Crippen LogP contribution in [0.1, 0.15) is 63.4 Å². The van der Waals surface area contributed by atoms with Crippen LogP contribution in [0.2, 0.25) is 0 Å². The van der Waals surface area contributed by atoms with Crippen LogP contribution in [-0.2, 0) is 16.4 Å². The van der Waals surface area contributed by atoms with Crippen LogP contribution >= 0.6 is 0 Å². The zero-order valence-corrected chi connectivity index (χ0v) is 16.7. The molecule has 27 heavy (non-hydrogen) atoms. The summed E-state index contributed by atoms with van der Waals surface area (Å²) in [6.45, 7) is 0.533. The third-order valence-electron chi connectivity index (χ3n) is 5.55. The Morgan fingerprint density at radius 2 is 1.48 bits per heavy atom. The molecule has 2 fully saturated rings. The molecule has 3 N–H and O–H groups in total. The van der Waals surface area contributed by atoms with E-state index in [0.29, 0.717) is 23.9 Å². The molecular weight excluding hydrogens is 362 g/mol. The maximum Gasteiger partial charge on any atom is 0.315 e. The number of amides is 2. The molecule has 0 heterocycles. The van der Waals surface area contributed by atoms with Gasteiger partial charge in [0, 0.05) is 18.6 Å². The average Bonchev–Trinajstić information content (AvgIpc) is 3.15. The standard InChI is InChI=1S/C20H31N3O3S/c24-20(22-17-6-2-1-3-7-17)21-15-14-16-10-12-19(13-11-16)27(25,26)23-18-8-4-5-9-18/h10-13,17-18,23H,1-9,14-15H2,(H2,21,22,24). The smallest absolute Gasteiger partial charge is 0.315 e. The molecular formula is C20H31N3O3S. The van der Waals surface area contributed by atoms with E-state index in [1.165, 1.54) is 19.3 Å². The molecule has 0 unspecified atom stereocenters. The zero-order chi connectivity index (χ0) is 19.1. The number of hydrogen-bond acceptors (Lipinski definition) is 3. The lowest BCUT2D eigenvalue weighted by Gasteiger charge is -2.22. The van der Waals surface area contributed by atoms with Crippen LogP contribution in [0.5, 0.6) is 0 Å². The topological polar surface area (TPSA) is 87.3 Å². The number of hydrogen-bond donors (Lipinski definition) is 3. The van der Waals surface area contributed by atoms with Crippen molar-refractivity contribution in [3.8, 4) is 0 Å². The first kappa shape index (κ1) is 20.1. The normalized spacial score (nSPS) is 19.1. The minimum atomic E-state index is -3.44. The molecule has 0 aliphatic heterocycles. The van der Waals surface area contributed by atoms with Crippen LogP contribution < -0.4 is 15.4 Å². The molecule has 0 aromatic heterocycles. The number of nitrogens with one attached hydrogen (secondary N) is 3. The monoisotopic (exact) mass is 393 g/mol. The Morgan fingerprint density at radius 3 is 2.15 bits per heavy atom. The molecule has 1 aromatic rings. The molecule has 2 saturated carbocycles. The summed E-state index contributed by atoms with van der Waals surface area (Å²) < 4.78 is 27.6. The van der Waals surface area contributed by atoms with Gasteiger partial charge in [0.05, 0.1) is 4.90 Å². The molecule has 7 heteroatoms. The van der Waals surface area contributed by atoms with E-state index in [2.05, 4.69) is 15.4 Å². The Labute approximate surface area is 162 Å². The number of carbonyl (C=O) groups excluding carboxylic acids is 1.